The largest absolute Gasteiger partial charge is 0.193 e. The summed E-state index contributed by atoms with van der Waals surface area (Å²) in [5.74, 6) is 2.18. The second kappa shape index (κ2) is 2.25. The van der Waals surface area contributed by atoms with Crippen LogP contribution in [0.15, 0.2) is 34.5 Å². The molecule has 1 aromatic rings. The average molecular weight is 184 g/mol. The summed E-state index contributed by atoms with van der Waals surface area (Å²) in [5, 5.41) is 8.62. The number of azo groups is 1. The van der Waals surface area contributed by atoms with Gasteiger partial charge in [0, 0.05) is 11.8 Å². The molecule has 1 aliphatic heterocycles. The Labute approximate surface area is 83.1 Å². The van der Waals surface area contributed by atoms with E-state index < -0.39 is 0 Å². The summed E-state index contributed by atoms with van der Waals surface area (Å²) in [6.45, 7) is 0.972. The third-order valence-electron chi connectivity index (χ3n) is 4.18. The molecule has 0 radical (unpaired) electrons. The Morgan fingerprint density at radius 2 is 1.86 bits per heavy atom. The first-order valence-electron chi connectivity index (χ1n) is 5.40. The van der Waals surface area contributed by atoms with E-state index in [2.05, 4.69) is 34.5 Å². The second-order valence-electron chi connectivity index (χ2n) is 4.67. The van der Waals surface area contributed by atoms with E-state index in [9.17, 15) is 0 Å². The van der Waals surface area contributed by atoms with Gasteiger partial charge in [-0.25, -0.2) is 0 Å². The Kier molecular flexibility index (Phi) is 1.15. The molecule has 2 heteroatoms. The Bertz CT molecular complexity index is 424. The molecule has 4 unspecified atom stereocenters. The highest BCUT2D eigenvalue weighted by atomic mass is 15.2. The topological polar surface area (TPSA) is 24.7 Å². The first kappa shape index (κ1) is 7.16. The zero-order valence-electron chi connectivity index (χ0n) is 7.93. The van der Waals surface area contributed by atoms with Crippen LogP contribution in [-0.2, 0) is 0 Å². The Hall–Kier alpha value is -1.18. The minimum absolute atomic E-state index is 0.523. The van der Waals surface area contributed by atoms with Gasteiger partial charge >= 0.3 is 0 Å². The third kappa shape index (κ3) is 0.658. The molecule has 70 valence electrons. The maximum Gasteiger partial charge on any atom is 0.0829 e. The van der Waals surface area contributed by atoms with Crippen LogP contribution in [0.1, 0.15) is 29.4 Å². The lowest BCUT2D eigenvalue weighted by Crippen LogP contribution is -2.23. The first-order valence-corrected chi connectivity index (χ1v) is 5.40. The van der Waals surface area contributed by atoms with E-state index in [1.165, 1.54) is 6.42 Å². The van der Waals surface area contributed by atoms with Crippen molar-refractivity contribution in [2.75, 3.05) is 6.54 Å². The van der Waals surface area contributed by atoms with Gasteiger partial charge < -0.3 is 0 Å². The minimum atomic E-state index is 0.523. The van der Waals surface area contributed by atoms with E-state index in [1.54, 1.807) is 11.1 Å². The molecule has 3 aliphatic rings. The summed E-state index contributed by atoms with van der Waals surface area (Å²) in [5.41, 5.74) is 3.14. The third-order valence-corrected chi connectivity index (χ3v) is 4.18. The molecule has 1 fully saturated rings. The predicted octanol–water partition coefficient (Wildman–Crippen LogP) is 2.72. The molecule has 2 aliphatic carbocycles. The molecule has 0 amide bonds. The molecule has 4 atom stereocenters. The number of rotatable bonds is 0. The van der Waals surface area contributed by atoms with Gasteiger partial charge in [-0.15, -0.1) is 0 Å². The van der Waals surface area contributed by atoms with E-state index in [1.807, 2.05) is 0 Å². The minimum Gasteiger partial charge on any atom is -0.193 e. The molecule has 0 spiro atoms. The zero-order valence-corrected chi connectivity index (χ0v) is 7.93. The average Bonchev–Trinajstić information content (AvgIpc) is 2.88. The maximum atomic E-state index is 4.40. The summed E-state index contributed by atoms with van der Waals surface area (Å²) >= 11 is 0. The molecule has 0 aromatic heterocycles. The standard InChI is InChI=1S/C12H12N2/c1-2-4-8-7(3-1)9-5-10(8)12-11(9)6-13-14-12/h1-4,9-12H,5-6H2. The van der Waals surface area contributed by atoms with Crippen LogP contribution in [0.2, 0.25) is 0 Å². The van der Waals surface area contributed by atoms with Crippen LogP contribution in [0.5, 0.6) is 0 Å². The lowest BCUT2D eigenvalue weighted by atomic mass is 9.81. The number of hydrogen-bond acceptors (Lipinski definition) is 2. The van der Waals surface area contributed by atoms with E-state index in [0.717, 1.165) is 18.4 Å². The van der Waals surface area contributed by atoms with Gasteiger partial charge in [-0.1, -0.05) is 24.3 Å². The Morgan fingerprint density at radius 3 is 2.71 bits per heavy atom. The normalized spacial score (nSPS) is 41.4. The highest BCUT2D eigenvalue weighted by Crippen LogP contribution is 2.58. The van der Waals surface area contributed by atoms with Crippen molar-refractivity contribution < 1.29 is 0 Å². The zero-order chi connectivity index (χ0) is 9.12. The fourth-order valence-corrected chi connectivity index (χ4v) is 3.62. The van der Waals surface area contributed by atoms with Crippen molar-refractivity contribution >= 4 is 0 Å². The summed E-state index contributed by atoms with van der Waals surface area (Å²) in [6, 6.07) is 9.42. The van der Waals surface area contributed by atoms with Crippen LogP contribution in [0.3, 0.4) is 0 Å². The predicted molar refractivity (Wildman–Crippen MR) is 53.5 cm³/mol. The second-order valence-corrected chi connectivity index (χ2v) is 4.67. The van der Waals surface area contributed by atoms with Crippen LogP contribution >= 0.6 is 0 Å². The van der Waals surface area contributed by atoms with Crippen molar-refractivity contribution in [3.8, 4) is 0 Å². The molecule has 1 saturated carbocycles. The number of fused-ring (bicyclic) bond motifs is 8. The van der Waals surface area contributed by atoms with Gasteiger partial charge in [0.2, 0.25) is 0 Å². The fraction of sp³-hybridized carbons (Fsp3) is 0.500. The van der Waals surface area contributed by atoms with Crippen molar-refractivity contribution in [1.82, 2.24) is 0 Å². The smallest absolute Gasteiger partial charge is 0.0829 e. The van der Waals surface area contributed by atoms with Crippen molar-refractivity contribution in [3.05, 3.63) is 35.4 Å². The molecule has 2 nitrogen and oxygen atoms in total. The van der Waals surface area contributed by atoms with Gasteiger partial charge in [0.15, 0.2) is 0 Å². The van der Waals surface area contributed by atoms with Gasteiger partial charge in [-0.05, 0) is 23.5 Å². The molecule has 0 N–H and O–H groups in total. The fourth-order valence-electron chi connectivity index (χ4n) is 3.62. The molecule has 2 bridgehead atoms. The van der Waals surface area contributed by atoms with Gasteiger partial charge in [-0.2, -0.15) is 10.2 Å². The van der Waals surface area contributed by atoms with Gasteiger partial charge in [0.1, 0.15) is 0 Å². The Balaban J connectivity index is 1.92. The number of nitrogens with zero attached hydrogens (tertiary/aromatic N) is 2. The first-order chi connectivity index (χ1) is 6.95. The van der Waals surface area contributed by atoms with Crippen LogP contribution in [0, 0.1) is 5.92 Å². The summed E-state index contributed by atoms with van der Waals surface area (Å²) < 4.78 is 0. The molecular formula is C12H12N2. The van der Waals surface area contributed by atoms with Crippen molar-refractivity contribution in [2.24, 2.45) is 16.1 Å². The van der Waals surface area contributed by atoms with Crippen LogP contribution in [-0.4, -0.2) is 12.6 Å². The lowest BCUT2D eigenvalue weighted by molar-refractivity contribution is 0.469. The van der Waals surface area contributed by atoms with E-state index >= 15 is 0 Å². The number of benzene rings is 1. The summed E-state index contributed by atoms with van der Waals surface area (Å²) in [4.78, 5) is 0. The van der Waals surface area contributed by atoms with E-state index in [-0.39, 0.29) is 0 Å². The number of hydrogen-bond donors (Lipinski definition) is 0. The van der Waals surface area contributed by atoms with Crippen molar-refractivity contribution in [2.45, 2.75) is 24.3 Å². The van der Waals surface area contributed by atoms with Crippen molar-refractivity contribution in [3.63, 3.8) is 0 Å². The molecule has 1 heterocycles. The Morgan fingerprint density at radius 1 is 1.07 bits per heavy atom. The van der Waals surface area contributed by atoms with Crippen LogP contribution in [0.4, 0.5) is 0 Å². The maximum absolute atomic E-state index is 4.40. The van der Waals surface area contributed by atoms with E-state index in [0.29, 0.717) is 12.0 Å². The molecule has 1 aromatic carbocycles. The molecule has 0 saturated heterocycles. The van der Waals surface area contributed by atoms with Crippen LogP contribution in [0.25, 0.3) is 0 Å². The molecule has 14 heavy (non-hydrogen) atoms. The summed E-state index contributed by atoms with van der Waals surface area (Å²) in [6.07, 6.45) is 1.33. The van der Waals surface area contributed by atoms with Crippen LogP contribution < -0.4 is 0 Å². The lowest BCUT2D eigenvalue weighted by Gasteiger charge is -2.24. The SMILES string of the molecule is c1ccc2c(c1)C1CC2C2N=NCC12. The van der Waals surface area contributed by atoms with E-state index in [4.69, 9.17) is 0 Å². The van der Waals surface area contributed by atoms with Gasteiger partial charge in [0.05, 0.1) is 12.6 Å². The molecule has 4 rings (SSSR count). The monoisotopic (exact) mass is 184 g/mol. The molecular weight excluding hydrogens is 172 g/mol. The van der Waals surface area contributed by atoms with Crippen molar-refractivity contribution in [1.29, 1.82) is 0 Å². The van der Waals surface area contributed by atoms with Gasteiger partial charge in [-0.3, -0.25) is 0 Å². The highest BCUT2D eigenvalue weighted by Gasteiger charge is 2.52. The highest BCUT2D eigenvalue weighted by molar-refractivity contribution is 5.44. The summed E-state index contributed by atoms with van der Waals surface area (Å²) in [7, 11) is 0. The quantitative estimate of drug-likeness (QED) is 0.592. The van der Waals surface area contributed by atoms with Gasteiger partial charge in [0.25, 0.3) is 0 Å².